The minimum atomic E-state index is -0.218. The molecule has 0 aliphatic carbocycles. The van der Waals surface area contributed by atoms with Gasteiger partial charge in [0.05, 0.1) is 9.21 Å². The fourth-order valence-electron chi connectivity index (χ4n) is 0.972. The molecule has 1 atom stereocenters. The third kappa shape index (κ3) is 3.39. The highest BCUT2D eigenvalue weighted by atomic mass is 35.5. The van der Waals surface area contributed by atoms with Crippen molar-refractivity contribution in [3.63, 3.8) is 0 Å². The van der Waals surface area contributed by atoms with Crippen molar-refractivity contribution >= 4 is 34.7 Å². The van der Waals surface area contributed by atoms with Gasteiger partial charge in [-0.1, -0.05) is 23.7 Å². The molecule has 0 saturated carbocycles. The number of amidine groups is 1. The van der Waals surface area contributed by atoms with Gasteiger partial charge in [0.25, 0.3) is 5.91 Å². The van der Waals surface area contributed by atoms with Crippen LogP contribution in [0.5, 0.6) is 0 Å². The third-order valence-corrected chi connectivity index (χ3v) is 3.22. The molecule has 0 fully saturated rings. The third-order valence-electron chi connectivity index (χ3n) is 1.99. The molecule has 0 aliphatic heterocycles. The van der Waals surface area contributed by atoms with Crippen LogP contribution in [-0.2, 0) is 0 Å². The van der Waals surface area contributed by atoms with Crippen molar-refractivity contribution in [1.82, 2.24) is 5.32 Å². The molecule has 0 radical (unpaired) electrons. The Kier molecular flexibility index (Phi) is 4.57. The molecule has 1 aromatic heterocycles. The monoisotopic (exact) mass is 261 g/mol. The zero-order valence-corrected chi connectivity index (χ0v) is 10.2. The summed E-state index contributed by atoms with van der Waals surface area (Å²) in [5, 5.41) is 14.0. The Labute approximate surface area is 102 Å². The Bertz CT molecular complexity index is 405. The molecule has 4 N–H and O–H groups in total. The van der Waals surface area contributed by atoms with Gasteiger partial charge < -0.3 is 16.3 Å². The molecule has 1 heterocycles. The second-order valence-electron chi connectivity index (χ2n) is 3.24. The van der Waals surface area contributed by atoms with E-state index in [1.165, 1.54) is 11.3 Å². The van der Waals surface area contributed by atoms with Gasteiger partial charge in [0.15, 0.2) is 0 Å². The van der Waals surface area contributed by atoms with Crippen molar-refractivity contribution in [2.75, 3.05) is 6.54 Å². The van der Waals surface area contributed by atoms with E-state index in [1.807, 2.05) is 0 Å². The van der Waals surface area contributed by atoms with Crippen LogP contribution in [0.2, 0.25) is 4.34 Å². The minimum Gasteiger partial charge on any atom is -0.409 e. The van der Waals surface area contributed by atoms with Gasteiger partial charge >= 0.3 is 0 Å². The standard InChI is InChI=1S/C9H12ClN3O2S/c1-5(8(11)13-15)4-12-9(14)6-2-3-7(10)16-6/h2-3,5,15H,4H2,1H3,(H2,11,13)(H,12,14). The van der Waals surface area contributed by atoms with Gasteiger partial charge in [-0.3, -0.25) is 4.79 Å². The number of amides is 1. The number of hydrogen-bond acceptors (Lipinski definition) is 4. The molecule has 1 rings (SSSR count). The summed E-state index contributed by atoms with van der Waals surface area (Å²) in [6.45, 7) is 2.06. The lowest BCUT2D eigenvalue weighted by Gasteiger charge is -2.09. The molecular formula is C9H12ClN3O2S. The summed E-state index contributed by atoms with van der Waals surface area (Å²) in [5.41, 5.74) is 5.38. The molecule has 1 unspecified atom stereocenters. The Hall–Kier alpha value is -1.27. The molecule has 88 valence electrons. The number of nitrogens with zero attached hydrogens (tertiary/aromatic N) is 1. The van der Waals surface area contributed by atoms with Crippen molar-refractivity contribution in [3.05, 3.63) is 21.3 Å². The largest absolute Gasteiger partial charge is 0.409 e. The Morgan fingerprint density at radius 3 is 2.94 bits per heavy atom. The molecule has 0 saturated heterocycles. The number of halogens is 1. The molecule has 5 nitrogen and oxygen atoms in total. The van der Waals surface area contributed by atoms with E-state index < -0.39 is 0 Å². The van der Waals surface area contributed by atoms with Crippen molar-refractivity contribution in [2.24, 2.45) is 16.8 Å². The quantitative estimate of drug-likeness (QED) is 0.332. The van der Waals surface area contributed by atoms with Crippen LogP contribution >= 0.6 is 22.9 Å². The first-order valence-corrected chi connectivity index (χ1v) is 5.75. The van der Waals surface area contributed by atoms with Crippen LogP contribution in [0.15, 0.2) is 17.3 Å². The zero-order valence-electron chi connectivity index (χ0n) is 8.61. The normalized spacial score (nSPS) is 13.5. The SMILES string of the molecule is CC(CNC(=O)c1ccc(Cl)s1)C(N)=NO. The lowest BCUT2D eigenvalue weighted by Crippen LogP contribution is -2.34. The van der Waals surface area contributed by atoms with E-state index >= 15 is 0 Å². The average Bonchev–Trinajstić information content (AvgIpc) is 2.71. The number of nitrogens with one attached hydrogen (secondary N) is 1. The number of thiophene rings is 1. The van der Waals surface area contributed by atoms with Crippen LogP contribution in [0.3, 0.4) is 0 Å². The molecule has 1 aromatic rings. The number of nitrogens with two attached hydrogens (primary N) is 1. The summed E-state index contributed by atoms with van der Waals surface area (Å²) >= 11 is 6.91. The van der Waals surface area contributed by atoms with Gasteiger partial charge in [-0.15, -0.1) is 11.3 Å². The first kappa shape index (κ1) is 12.8. The van der Waals surface area contributed by atoms with Crippen LogP contribution in [0, 0.1) is 5.92 Å². The van der Waals surface area contributed by atoms with E-state index in [4.69, 9.17) is 22.5 Å². The average molecular weight is 262 g/mol. The van der Waals surface area contributed by atoms with Crippen molar-refractivity contribution in [3.8, 4) is 0 Å². The first-order valence-electron chi connectivity index (χ1n) is 4.55. The highest BCUT2D eigenvalue weighted by molar-refractivity contribution is 7.17. The molecular weight excluding hydrogens is 250 g/mol. The fourth-order valence-corrected chi connectivity index (χ4v) is 1.93. The van der Waals surface area contributed by atoms with Gasteiger partial charge in [-0.25, -0.2) is 0 Å². The Morgan fingerprint density at radius 1 is 1.75 bits per heavy atom. The maximum Gasteiger partial charge on any atom is 0.261 e. The fraction of sp³-hybridized carbons (Fsp3) is 0.333. The summed E-state index contributed by atoms with van der Waals surface area (Å²) in [4.78, 5) is 12.1. The molecule has 1 amide bonds. The van der Waals surface area contributed by atoms with Gasteiger partial charge in [-0.05, 0) is 12.1 Å². The van der Waals surface area contributed by atoms with Gasteiger partial charge in [-0.2, -0.15) is 0 Å². The van der Waals surface area contributed by atoms with E-state index in [9.17, 15) is 4.79 Å². The zero-order chi connectivity index (χ0) is 12.1. The van der Waals surface area contributed by atoms with Crippen molar-refractivity contribution < 1.29 is 10.0 Å². The number of oxime groups is 1. The summed E-state index contributed by atoms with van der Waals surface area (Å²) in [6, 6.07) is 3.31. The number of hydrogen-bond donors (Lipinski definition) is 3. The molecule has 0 spiro atoms. The van der Waals surface area contributed by atoms with E-state index in [1.54, 1.807) is 19.1 Å². The van der Waals surface area contributed by atoms with Crippen LogP contribution in [0.1, 0.15) is 16.6 Å². The van der Waals surface area contributed by atoms with E-state index in [0.717, 1.165) is 0 Å². The highest BCUT2D eigenvalue weighted by Crippen LogP contribution is 2.21. The molecule has 0 bridgehead atoms. The Morgan fingerprint density at radius 2 is 2.44 bits per heavy atom. The van der Waals surface area contributed by atoms with Crippen LogP contribution in [-0.4, -0.2) is 23.5 Å². The molecule has 7 heteroatoms. The van der Waals surface area contributed by atoms with Crippen LogP contribution < -0.4 is 11.1 Å². The maximum atomic E-state index is 11.6. The number of carbonyl (C=O) groups is 1. The summed E-state index contributed by atoms with van der Waals surface area (Å²) < 4.78 is 0.564. The smallest absolute Gasteiger partial charge is 0.261 e. The van der Waals surface area contributed by atoms with Crippen LogP contribution in [0.25, 0.3) is 0 Å². The van der Waals surface area contributed by atoms with Crippen LogP contribution in [0.4, 0.5) is 0 Å². The predicted octanol–water partition coefficient (Wildman–Crippen LogP) is 1.51. The second-order valence-corrected chi connectivity index (χ2v) is 4.95. The van der Waals surface area contributed by atoms with Gasteiger partial charge in [0, 0.05) is 12.5 Å². The molecule has 16 heavy (non-hydrogen) atoms. The topological polar surface area (TPSA) is 87.7 Å². The summed E-state index contributed by atoms with van der Waals surface area (Å²) in [5.74, 6) is -0.344. The van der Waals surface area contributed by atoms with Crippen molar-refractivity contribution in [2.45, 2.75) is 6.92 Å². The minimum absolute atomic E-state index is 0.0875. The Balaban J connectivity index is 2.47. The maximum absolute atomic E-state index is 11.6. The number of carbonyl (C=O) groups excluding carboxylic acids is 1. The molecule has 0 aromatic carbocycles. The lowest BCUT2D eigenvalue weighted by atomic mass is 10.1. The van der Waals surface area contributed by atoms with E-state index in [2.05, 4.69) is 10.5 Å². The summed E-state index contributed by atoms with van der Waals surface area (Å²) in [6.07, 6.45) is 0. The van der Waals surface area contributed by atoms with Gasteiger partial charge in [0.2, 0.25) is 0 Å². The van der Waals surface area contributed by atoms with E-state index in [0.29, 0.717) is 15.8 Å². The first-order chi connectivity index (χ1) is 7.54. The van der Waals surface area contributed by atoms with Gasteiger partial charge in [0.1, 0.15) is 5.84 Å². The summed E-state index contributed by atoms with van der Waals surface area (Å²) in [7, 11) is 0. The van der Waals surface area contributed by atoms with E-state index in [-0.39, 0.29) is 17.7 Å². The predicted molar refractivity (Wildman–Crippen MR) is 64.2 cm³/mol. The number of rotatable bonds is 4. The second kappa shape index (κ2) is 5.72. The lowest BCUT2D eigenvalue weighted by molar-refractivity contribution is 0.0955. The molecule has 0 aliphatic rings. The van der Waals surface area contributed by atoms with Crippen molar-refractivity contribution in [1.29, 1.82) is 0 Å². The highest BCUT2D eigenvalue weighted by Gasteiger charge is 2.12.